The number of halogens is 1. The summed E-state index contributed by atoms with van der Waals surface area (Å²) >= 11 is 7.23. The molecule has 0 aliphatic carbocycles. The minimum atomic E-state index is -0.578. The van der Waals surface area contributed by atoms with Crippen molar-refractivity contribution in [1.82, 2.24) is 10.3 Å². The molecule has 0 aliphatic rings. The topological polar surface area (TPSA) is 85.1 Å². The van der Waals surface area contributed by atoms with Gasteiger partial charge in [-0.15, -0.1) is 11.3 Å². The highest BCUT2D eigenvalue weighted by Crippen LogP contribution is 2.27. The Labute approximate surface area is 129 Å². The van der Waals surface area contributed by atoms with Crippen molar-refractivity contribution in [1.29, 1.82) is 0 Å². The SMILES string of the molecule is Cc1ncc([N+](=O)[O-])cc1C(=O)N[C@H](C)c1ccc(Cl)s1. The molecule has 0 saturated carbocycles. The second kappa shape index (κ2) is 6.19. The molecule has 0 fully saturated rings. The zero-order valence-electron chi connectivity index (χ0n) is 11.3. The van der Waals surface area contributed by atoms with Crippen molar-refractivity contribution in [3.8, 4) is 0 Å². The molecule has 2 rings (SSSR count). The summed E-state index contributed by atoms with van der Waals surface area (Å²) in [5.74, 6) is -0.402. The molecular formula is C13H12ClN3O3S. The lowest BCUT2D eigenvalue weighted by Gasteiger charge is -2.13. The van der Waals surface area contributed by atoms with Gasteiger partial charge in [-0.3, -0.25) is 19.9 Å². The Kier molecular flexibility index (Phi) is 4.54. The van der Waals surface area contributed by atoms with E-state index in [4.69, 9.17) is 11.6 Å². The molecule has 0 unspecified atom stereocenters. The Morgan fingerprint density at radius 3 is 2.81 bits per heavy atom. The fourth-order valence-corrected chi connectivity index (χ4v) is 2.82. The van der Waals surface area contributed by atoms with Crippen molar-refractivity contribution >= 4 is 34.5 Å². The molecule has 0 aliphatic heterocycles. The van der Waals surface area contributed by atoms with Crippen LogP contribution in [0.25, 0.3) is 0 Å². The maximum absolute atomic E-state index is 12.2. The smallest absolute Gasteiger partial charge is 0.288 e. The van der Waals surface area contributed by atoms with Gasteiger partial charge in [0.05, 0.1) is 26.6 Å². The molecule has 0 saturated heterocycles. The van der Waals surface area contributed by atoms with E-state index < -0.39 is 10.8 Å². The van der Waals surface area contributed by atoms with Crippen molar-refractivity contribution in [2.24, 2.45) is 0 Å². The zero-order chi connectivity index (χ0) is 15.6. The van der Waals surface area contributed by atoms with E-state index in [1.54, 1.807) is 13.0 Å². The third-order valence-electron chi connectivity index (χ3n) is 2.90. The van der Waals surface area contributed by atoms with Crippen LogP contribution in [-0.4, -0.2) is 15.8 Å². The number of hydrogen-bond donors (Lipinski definition) is 1. The molecular weight excluding hydrogens is 314 g/mol. The van der Waals surface area contributed by atoms with E-state index in [2.05, 4.69) is 10.3 Å². The lowest BCUT2D eigenvalue weighted by Crippen LogP contribution is -2.27. The highest BCUT2D eigenvalue weighted by Gasteiger charge is 2.18. The Bertz CT molecular complexity index is 702. The molecule has 6 nitrogen and oxygen atoms in total. The largest absolute Gasteiger partial charge is 0.345 e. The summed E-state index contributed by atoms with van der Waals surface area (Å²) in [5.41, 5.74) is 0.422. The molecule has 0 spiro atoms. The summed E-state index contributed by atoms with van der Waals surface area (Å²) in [6, 6.07) is 4.57. The number of rotatable bonds is 4. The molecule has 0 aromatic carbocycles. The summed E-state index contributed by atoms with van der Waals surface area (Å²) in [6.45, 7) is 3.45. The molecule has 2 aromatic rings. The number of carbonyl (C=O) groups excluding carboxylic acids is 1. The second-order valence-electron chi connectivity index (χ2n) is 4.42. The average Bonchev–Trinajstić information content (AvgIpc) is 2.85. The van der Waals surface area contributed by atoms with Crippen LogP contribution < -0.4 is 5.32 Å². The van der Waals surface area contributed by atoms with Gasteiger partial charge >= 0.3 is 0 Å². The minimum absolute atomic E-state index is 0.193. The average molecular weight is 326 g/mol. The lowest BCUT2D eigenvalue weighted by atomic mass is 10.1. The van der Waals surface area contributed by atoms with Crippen LogP contribution in [0.2, 0.25) is 4.34 Å². The normalized spacial score (nSPS) is 12.0. The number of aromatic nitrogens is 1. The first kappa shape index (κ1) is 15.4. The van der Waals surface area contributed by atoms with Gasteiger partial charge in [-0.2, -0.15) is 0 Å². The predicted octanol–water partition coefficient (Wildman–Crippen LogP) is 3.50. The first-order valence-electron chi connectivity index (χ1n) is 6.05. The van der Waals surface area contributed by atoms with Crippen molar-refractivity contribution in [3.05, 3.63) is 55.0 Å². The lowest BCUT2D eigenvalue weighted by molar-refractivity contribution is -0.385. The number of nitro groups is 1. The number of nitrogens with zero attached hydrogens (tertiary/aromatic N) is 2. The highest BCUT2D eigenvalue weighted by atomic mass is 35.5. The Hall–Kier alpha value is -1.99. The number of nitrogens with one attached hydrogen (secondary N) is 1. The van der Waals surface area contributed by atoms with Gasteiger partial charge in [0.2, 0.25) is 0 Å². The van der Waals surface area contributed by atoms with E-state index in [9.17, 15) is 14.9 Å². The standard InChI is InChI=1S/C13H12ClN3O3S/c1-7-10(5-9(6-15-7)17(19)20)13(18)16-8(2)11-3-4-12(14)21-11/h3-6,8H,1-2H3,(H,16,18)/t8-/m1/s1. The zero-order valence-corrected chi connectivity index (χ0v) is 12.9. The fourth-order valence-electron chi connectivity index (χ4n) is 1.76. The van der Waals surface area contributed by atoms with Crippen molar-refractivity contribution in [2.75, 3.05) is 0 Å². The van der Waals surface area contributed by atoms with Crippen molar-refractivity contribution < 1.29 is 9.72 Å². The van der Waals surface area contributed by atoms with Crippen LogP contribution in [0, 0.1) is 17.0 Å². The molecule has 0 radical (unpaired) electrons. The van der Waals surface area contributed by atoms with Crippen molar-refractivity contribution in [2.45, 2.75) is 19.9 Å². The number of carbonyl (C=O) groups is 1. The molecule has 2 aromatic heterocycles. The van der Waals surface area contributed by atoms with Crippen LogP contribution in [0.3, 0.4) is 0 Å². The van der Waals surface area contributed by atoms with Gasteiger partial charge in [-0.1, -0.05) is 11.6 Å². The van der Waals surface area contributed by atoms with Crippen LogP contribution in [0.15, 0.2) is 24.4 Å². The number of amides is 1. The van der Waals surface area contributed by atoms with Gasteiger partial charge in [-0.05, 0) is 26.0 Å². The first-order valence-corrected chi connectivity index (χ1v) is 7.25. The second-order valence-corrected chi connectivity index (χ2v) is 6.17. The van der Waals surface area contributed by atoms with E-state index in [1.807, 2.05) is 13.0 Å². The Morgan fingerprint density at radius 1 is 1.52 bits per heavy atom. The van der Waals surface area contributed by atoms with Crippen LogP contribution in [0.4, 0.5) is 5.69 Å². The summed E-state index contributed by atoms with van der Waals surface area (Å²) in [5, 5.41) is 13.5. The van der Waals surface area contributed by atoms with Crippen LogP contribution in [0.1, 0.15) is 33.9 Å². The summed E-state index contributed by atoms with van der Waals surface area (Å²) in [4.78, 5) is 27.2. The van der Waals surface area contributed by atoms with E-state index in [0.29, 0.717) is 10.0 Å². The Morgan fingerprint density at radius 2 is 2.24 bits per heavy atom. The highest BCUT2D eigenvalue weighted by molar-refractivity contribution is 7.16. The molecule has 8 heteroatoms. The van der Waals surface area contributed by atoms with Gasteiger partial charge < -0.3 is 5.32 Å². The summed E-state index contributed by atoms with van der Waals surface area (Å²) < 4.78 is 0.638. The number of pyridine rings is 1. The summed E-state index contributed by atoms with van der Waals surface area (Å²) in [7, 11) is 0. The minimum Gasteiger partial charge on any atom is -0.345 e. The molecule has 0 bridgehead atoms. The quantitative estimate of drug-likeness (QED) is 0.688. The van der Waals surface area contributed by atoms with Crippen LogP contribution in [-0.2, 0) is 0 Å². The summed E-state index contributed by atoms with van der Waals surface area (Å²) in [6.07, 6.45) is 1.13. The van der Waals surface area contributed by atoms with E-state index in [-0.39, 0.29) is 17.3 Å². The van der Waals surface area contributed by atoms with E-state index in [0.717, 1.165) is 11.1 Å². The number of thiophene rings is 1. The van der Waals surface area contributed by atoms with Gasteiger partial charge in [0.25, 0.3) is 11.6 Å². The third kappa shape index (κ3) is 3.56. The maximum Gasteiger partial charge on any atom is 0.288 e. The molecule has 1 amide bonds. The van der Waals surface area contributed by atoms with Crippen molar-refractivity contribution in [3.63, 3.8) is 0 Å². The van der Waals surface area contributed by atoms with E-state index in [1.165, 1.54) is 17.4 Å². The molecule has 1 N–H and O–H groups in total. The van der Waals surface area contributed by atoms with Gasteiger partial charge in [-0.25, -0.2) is 0 Å². The predicted molar refractivity (Wildman–Crippen MR) is 80.8 cm³/mol. The third-order valence-corrected chi connectivity index (χ3v) is 4.31. The van der Waals surface area contributed by atoms with Crippen LogP contribution >= 0.6 is 22.9 Å². The molecule has 110 valence electrons. The van der Waals surface area contributed by atoms with Gasteiger partial charge in [0, 0.05) is 10.9 Å². The van der Waals surface area contributed by atoms with Gasteiger partial charge in [0.15, 0.2) is 0 Å². The Balaban J connectivity index is 2.20. The number of hydrogen-bond acceptors (Lipinski definition) is 5. The number of aryl methyl sites for hydroxylation is 1. The molecule has 1 atom stereocenters. The fraction of sp³-hybridized carbons (Fsp3) is 0.231. The maximum atomic E-state index is 12.2. The van der Waals surface area contributed by atoms with Gasteiger partial charge in [0.1, 0.15) is 6.20 Å². The van der Waals surface area contributed by atoms with Crippen LogP contribution in [0.5, 0.6) is 0 Å². The monoisotopic (exact) mass is 325 g/mol. The molecule has 21 heavy (non-hydrogen) atoms. The molecule has 2 heterocycles. The first-order chi connectivity index (χ1) is 9.88. The van der Waals surface area contributed by atoms with E-state index >= 15 is 0 Å².